The summed E-state index contributed by atoms with van der Waals surface area (Å²) in [6.45, 7) is 0. The Kier molecular flexibility index (Phi) is 5.61. The molecule has 2 atom stereocenters. The summed E-state index contributed by atoms with van der Waals surface area (Å²) in [5.74, 6) is -1.25. The van der Waals surface area contributed by atoms with E-state index in [0.717, 1.165) is 21.9 Å². The van der Waals surface area contributed by atoms with E-state index in [1.54, 1.807) is 0 Å². The summed E-state index contributed by atoms with van der Waals surface area (Å²) in [5.41, 5.74) is 2.68. The van der Waals surface area contributed by atoms with E-state index in [1.807, 2.05) is 121 Å². The lowest BCUT2D eigenvalue weighted by molar-refractivity contribution is 0.137. The van der Waals surface area contributed by atoms with Crippen molar-refractivity contribution in [2.45, 2.75) is 11.7 Å². The van der Waals surface area contributed by atoms with Gasteiger partial charge in [-0.1, -0.05) is 121 Å². The topological polar surface area (TPSA) is 35.5 Å². The third-order valence-corrected chi connectivity index (χ3v) is 8.94. The minimum atomic E-state index is -3.23. The molecule has 0 amide bonds. The van der Waals surface area contributed by atoms with Crippen molar-refractivity contribution in [3.63, 3.8) is 0 Å². The van der Waals surface area contributed by atoms with Crippen molar-refractivity contribution >= 4 is 25.0 Å². The molecule has 3 nitrogen and oxygen atoms in total. The predicted octanol–water partition coefficient (Wildman–Crippen LogP) is 5.51. The first-order chi connectivity index (χ1) is 15.3. The molecule has 0 N–H and O–H groups in total. The normalized spacial score (nSPS) is 23.4. The van der Waals surface area contributed by atoms with Crippen LogP contribution in [0.3, 0.4) is 0 Å². The first-order valence-electron chi connectivity index (χ1n) is 10.4. The molecule has 2 unspecified atom stereocenters. The average Bonchev–Trinajstić information content (AvgIpc) is 2.86. The molecule has 5 heteroatoms. The number of benzene rings is 4. The van der Waals surface area contributed by atoms with Crippen molar-refractivity contribution in [1.29, 1.82) is 0 Å². The number of hydrogen-bond acceptors (Lipinski definition) is 3. The maximum atomic E-state index is 15.0. The van der Waals surface area contributed by atoms with Gasteiger partial charge in [-0.2, -0.15) is 0 Å². The lowest BCUT2D eigenvalue weighted by Crippen LogP contribution is -2.44. The van der Waals surface area contributed by atoms with Crippen LogP contribution in [-0.4, -0.2) is 7.12 Å². The molecule has 1 aliphatic rings. The molecule has 1 fully saturated rings. The highest BCUT2D eigenvalue weighted by Crippen LogP contribution is 2.70. The van der Waals surface area contributed by atoms with Gasteiger partial charge in [-0.05, 0) is 16.6 Å². The molecule has 0 saturated carbocycles. The van der Waals surface area contributed by atoms with E-state index in [-0.39, 0.29) is 0 Å². The van der Waals surface area contributed by atoms with Crippen molar-refractivity contribution < 1.29 is 13.9 Å². The van der Waals surface area contributed by atoms with Gasteiger partial charge in [0.25, 0.3) is 0 Å². The van der Waals surface area contributed by atoms with Gasteiger partial charge >= 0.3 is 7.12 Å². The van der Waals surface area contributed by atoms with Crippen LogP contribution >= 0.6 is 7.14 Å². The smallest absolute Gasteiger partial charge is 0.393 e. The number of hydrogen-bond donors (Lipinski definition) is 0. The molecule has 0 radical (unpaired) electrons. The van der Waals surface area contributed by atoms with Gasteiger partial charge in [0.1, 0.15) is 11.7 Å². The zero-order valence-electron chi connectivity index (χ0n) is 17.0. The minimum absolute atomic E-state index is 0.623. The molecule has 1 aliphatic heterocycles. The van der Waals surface area contributed by atoms with Crippen molar-refractivity contribution in [3.05, 3.63) is 132 Å². The molecule has 31 heavy (non-hydrogen) atoms. The Morgan fingerprint density at radius 3 is 1.39 bits per heavy atom. The Hall–Kier alpha value is -2.91. The van der Waals surface area contributed by atoms with Gasteiger partial charge in [-0.3, -0.25) is 0 Å². The van der Waals surface area contributed by atoms with E-state index >= 15 is 4.57 Å². The molecular weight excluding hydrogens is 402 g/mol. The summed E-state index contributed by atoms with van der Waals surface area (Å²) in [6.07, 6.45) is 0. The standard InChI is InChI=1S/C26H22BO3P/c28-31(24-19-11-4-12-20-24)25(21-13-5-1-6-14-21)29-27(23-17-9-3-10-18-23)30-26(31)22-15-7-2-8-16-22/h1-20,25-26H. The second-order valence-electron chi connectivity index (χ2n) is 7.59. The van der Waals surface area contributed by atoms with Gasteiger partial charge < -0.3 is 13.9 Å². The van der Waals surface area contributed by atoms with Crippen LogP contribution < -0.4 is 10.8 Å². The molecule has 1 heterocycles. The van der Waals surface area contributed by atoms with Crippen LogP contribution in [0.25, 0.3) is 0 Å². The monoisotopic (exact) mass is 424 g/mol. The van der Waals surface area contributed by atoms with E-state index in [2.05, 4.69) is 0 Å². The quantitative estimate of drug-likeness (QED) is 0.320. The highest BCUT2D eigenvalue weighted by molar-refractivity contribution is 7.72. The van der Waals surface area contributed by atoms with Gasteiger partial charge in [-0.25, -0.2) is 0 Å². The minimum Gasteiger partial charge on any atom is -0.393 e. The van der Waals surface area contributed by atoms with Crippen LogP contribution in [0, 0.1) is 0 Å². The largest absolute Gasteiger partial charge is 0.495 e. The second-order valence-corrected chi connectivity index (χ2v) is 10.5. The fourth-order valence-electron chi connectivity index (χ4n) is 4.10. The molecule has 5 rings (SSSR count). The SMILES string of the molecule is O=P1(c2ccccc2)C(c2ccccc2)OB(c2ccccc2)OC1c1ccccc1. The highest BCUT2D eigenvalue weighted by Gasteiger charge is 2.52. The average molecular weight is 424 g/mol. The van der Waals surface area contributed by atoms with Crippen molar-refractivity contribution in [1.82, 2.24) is 0 Å². The Balaban J connectivity index is 1.71. The summed E-state index contributed by atoms with van der Waals surface area (Å²) in [5, 5.41) is 0.754. The van der Waals surface area contributed by atoms with Gasteiger partial charge in [0, 0.05) is 5.30 Å². The summed E-state index contributed by atoms with van der Waals surface area (Å²) in [4.78, 5) is 0. The lowest BCUT2D eigenvalue weighted by atomic mass is 9.78. The molecule has 4 aromatic rings. The Bertz CT molecular complexity index is 1120. The van der Waals surface area contributed by atoms with Gasteiger partial charge in [0.2, 0.25) is 0 Å². The maximum Gasteiger partial charge on any atom is 0.495 e. The van der Waals surface area contributed by atoms with Crippen LogP contribution in [0.5, 0.6) is 0 Å². The molecule has 0 aliphatic carbocycles. The Labute approximate surface area is 183 Å². The van der Waals surface area contributed by atoms with Crippen molar-refractivity contribution in [3.8, 4) is 0 Å². The predicted molar refractivity (Wildman–Crippen MR) is 126 cm³/mol. The van der Waals surface area contributed by atoms with E-state index in [9.17, 15) is 0 Å². The first kappa shape index (κ1) is 20.0. The second kappa shape index (κ2) is 8.68. The van der Waals surface area contributed by atoms with Gasteiger partial charge in [0.15, 0.2) is 7.14 Å². The molecule has 0 bridgehead atoms. The first-order valence-corrected chi connectivity index (χ1v) is 12.2. The molecule has 1 saturated heterocycles. The summed E-state index contributed by atoms with van der Waals surface area (Å²) in [6, 6.07) is 39.1. The maximum absolute atomic E-state index is 15.0. The lowest BCUT2D eigenvalue weighted by Gasteiger charge is -2.42. The van der Waals surface area contributed by atoms with Crippen LogP contribution in [0.2, 0.25) is 0 Å². The fraction of sp³-hybridized carbons (Fsp3) is 0.0769. The van der Waals surface area contributed by atoms with E-state index in [4.69, 9.17) is 9.31 Å². The zero-order chi connectivity index (χ0) is 21.1. The Morgan fingerprint density at radius 1 is 0.548 bits per heavy atom. The summed E-state index contributed by atoms with van der Waals surface area (Å²) >= 11 is 0. The van der Waals surface area contributed by atoms with Crippen LogP contribution in [0.4, 0.5) is 0 Å². The molecular formula is C26H22BO3P. The molecule has 152 valence electrons. The van der Waals surface area contributed by atoms with Crippen LogP contribution in [0.1, 0.15) is 22.8 Å². The van der Waals surface area contributed by atoms with Gasteiger partial charge in [0.05, 0.1) is 0 Å². The van der Waals surface area contributed by atoms with Crippen LogP contribution in [0.15, 0.2) is 121 Å². The van der Waals surface area contributed by atoms with E-state index < -0.39 is 26.0 Å². The fourth-order valence-corrected chi connectivity index (χ4v) is 7.34. The summed E-state index contributed by atoms with van der Waals surface area (Å²) < 4.78 is 28.0. The van der Waals surface area contributed by atoms with Crippen molar-refractivity contribution in [2.75, 3.05) is 0 Å². The van der Waals surface area contributed by atoms with E-state index in [0.29, 0.717) is 0 Å². The zero-order valence-corrected chi connectivity index (χ0v) is 17.8. The molecule has 0 aromatic heterocycles. The van der Waals surface area contributed by atoms with Crippen LogP contribution in [-0.2, 0) is 13.9 Å². The van der Waals surface area contributed by atoms with E-state index in [1.165, 1.54) is 0 Å². The number of rotatable bonds is 4. The highest BCUT2D eigenvalue weighted by atomic mass is 31.2. The molecule has 4 aromatic carbocycles. The van der Waals surface area contributed by atoms with Crippen molar-refractivity contribution in [2.24, 2.45) is 0 Å². The Morgan fingerprint density at radius 2 is 0.935 bits per heavy atom. The third-order valence-electron chi connectivity index (χ3n) is 5.60. The summed E-state index contributed by atoms with van der Waals surface area (Å²) in [7, 11) is -3.85. The third kappa shape index (κ3) is 3.79. The van der Waals surface area contributed by atoms with Gasteiger partial charge in [-0.15, -0.1) is 0 Å². The molecule has 0 spiro atoms.